The van der Waals surface area contributed by atoms with E-state index in [9.17, 15) is 4.39 Å². The van der Waals surface area contributed by atoms with Gasteiger partial charge in [0, 0.05) is 6.07 Å². The van der Waals surface area contributed by atoms with Crippen LogP contribution in [0.5, 0.6) is 5.75 Å². The number of hydrogen-bond donors (Lipinski definition) is 0. The summed E-state index contributed by atoms with van der Waals surface area (Å²) < 4.78 is 16.9. The molecule has 4 heteroatoms. The molecule has 13 heavy (non-hydrogen) atoms. The van der Waals surface area contributed by atoms with E-state index in [0.717, 1.165) is 6.07 Å². The molecule has 0 aliphatic heterocycles. The lowest BCUT2D eigenvalue weighted by Gasteiger charge is -1.96. The molecule has 0 saturated heterocycles. The fourth-order valence-electron chi connectivity index (χ4n) is 0.593. The van der Waals surface area contributed by atoms with Crippen LogP contribution in [0.4, 0.5) is 4.39 Å². The van der Waals surface area contributed by atoms with Gasteiger partial charge in [-0.3, -0.25) is 0 Å². The summed E-state index contributed by atoms with van der Waals surface area (Å²) in [5.41, 5.74) is 0. The molecule has 1 rings (SSSR count). The van der Waals surface area contributed by atoms with Gasteiger partial charge in [-0.2, -0.15) is 0 Å². The van der Waals surface area contributed by atoms with Gasteiger partial charge in [0.1, 0.15) is 11.6 Å². The highest BCUT2D eigenvalue weighted by atomic mass is 35.5. The molecule has 0 saturated carbocycles. The zero-order chi connectivity index (χ0) is 10.3. The van der Waals surface area contributed by atoms with Gasteiger partial charge in [0.2, 0.25) is 0 Å². The highest BCUT2D eigenvalue weighted by molar-refractivity contribution is 6.30. The molecule has 0 amide bonds. The first kappa shape index (κ1) is 11.7. The van der Waals surface area contributed by atoms with Crippen LogP contribution in [-0.4, -0.2) is 0 Å². The van der Waals surface area contributed by atoms with Crippen LogP contribution >= 0.6 is 11.6 Å². The summed E-state index contributed by atoms with van der Waals surface area (Å²) in [6.07, 6.45) is 1.45. The molecule has 0 atom stereocenters. The van der Waals surface area contributed by atoms with Crippen molar-refractivity contribution in [2.24, 2.45) is 0 Å². The van der Waals surface area contributed by atoms with Gasteiger partial charge in [-0.1, -0.05) is 25.4 Å². The van der Waals surface area contributed by atoms with E-state index in [-0.39, 0.29) is 10.8 Å². The number of rotatable bonds is 1. The number of benzene rings is 1. The van der Waals surface area contributed by atoms with Crippen molar-refractivity contribution in [2.45, 2.75) is 13.8 Å². The van der Waals surface area contributed by atoms with Crippen molar-refractivity contribution in [3.05, 3.63) is 29.0 Å². The molecule has 0 radical (unpaired) electrons. The van der Waals surface area contributed by atoms with Crippen LogP contribution in [0, 0.1) is 17.3 Å². The van der Waals surface area contributed by atoms with Crippen molar-refractivity contribution in [1.82, 2.24) is 0 Å². The number of ether oxygens (including phenoxy) is 1. The molecular formula is C9H9ClFNO. The second-order valence-corrected chi connectivity index (χ2v) is 2.18. The van der Waals surface area contributed by atoms with Crippen LogP contribution in [0.3, 0.4) is 0 Å². The first-order valence-corrected chi connectivity index (χ1v) is 4.13. The summed E-state index contributed by atoms with van der Waals surface area (Å²) in [5.74, 6) is -0.296. The second kappa shape index (κ2) is 6.27. The van der Waals surface area contributed by atoms with Gasteiger partial charge in [0.15, 0.2) is 0 Å². The van der Waals surface area contributed by atoms with Crippen molar-refractivity contribution in [1.29, 1.82) is 5.26 Å². The van der Waals surface area contributed by atoms with Gasteiger partial charge < -0.3 is 4.74 Å². The molecule has 1 aromatic carbocycles. The average Bonchev–Trinajstić information content (AvgIpc) is 2.15. The van der Waals surface area contributed by atoms with E-state index in [1.54, 1.807) is 0 Å². The average molecular weight is 202 g/mol. The summed E-state index contributed by atoms with van der Waals surface area (Å²) in [4.78, 5) is 0. The van der Waals surface area contributed by atoms with E-state index in [1.165, 1.54) is 18.4 Å². The highest BCUT2D eigenvalue weighted by Gasteiger charge is 2.00. The molecule has 0 aromatic heterocycles. The number of nitrogens with zero attached hydrogens (tertiary/aromatic N) is 1. The van der Waals surface area contributed by atoms with Crippen molar-refractivity contribution < 1.29 is 9.13 Å². The Labute approximate surface area is 81.5 Å². The lowest BCUT2D eigenvalue weighted by molar-refractivity contribution is 0.504. The van der Waals surface area contributed by atoms with Crippen LogP contribution in [-0.2, 0) is 0 Å². The first-order valence-electron chi connectivity index (χ1n) is 3.75. The van der Waals surface area contributed by atoms with Crippen LogP contribution in [0.1, 0.15) is 13.8 Å². The summed E-state index contributed by atoms with van der Waals surface area (Å²) in [7, 11) is 0. The van der Waals surface area contributed by atoms with E-state index in [0.29, 0.717) is 0 Å². The summed E-state index contributed by atoms with van der Waals surface area (Å²) in [6, 6.07) is 3.69. The van der Waals surface area contributed by atoms with Gasteiger partial charge in [-0.05, 0) is 12.1 Å². The Kier molecular flexibility index (Phi) is 5.66. The predicted octanol–water partition coefficient (Wildman–Crippen LogP) is 3.37. The second-order valence-electron chi connectivity index (χ2n) is 1.77. The molecular weight excluding hydrogens is 193 g/mol. The Morgan fingerprint density at radius 1 is 1.46 bits per heavy atom. The Bertz CT molecular complexity index is 309. The molecule has 0 aliphatic rings. The maximum Gasteiger partial charge on any atom is 0.292 e. The van der Waals surface area contributed by atoms with Gasteiger partial charge in [0.25, 0.3) is 6.26 Å². The van der Waals surface area contributed by atoms with Gasteiger partial charge in [-0.25, -0.2) is 4.39 Å². The van der Waals surface area contributed by atoms with E-state index in [4.69, 9.17) is 16.9 Å². The van der Waals surface area contributed by atoms with E-state index in [2.05, 4.69) is 4.74 Å². The molecule has 0 aliphatic carbocycles. The maximum atomic E-state index is 12.5. The van der Waals surface area contributed by atoms with Gasteiger partial charge >= 0.3 is 0 Å². The molecule has 1 aromatic rings. The summed E-state index contributed by atoms with van der Waals surface area (Å²) in [6.45, 7) is 4.00. The maximum absolute atomic E-state index is 12.5. The highest BCUT2D eigenvalue weighted by Crippen LogP contribution is 2.20. The fraction of sp³-hybridized carbons (Fsp3) is 0.222. The molecule has 0 N–H and O–H groups in total. The largest absolute Gasteiger partial charge is 0.388 e. The first-order chi connectivity index (χ1) is 6.24. The lowest BCUT2D eigenvalue weighted by atomic mass is 10.3. The molecule has 0 bridgehead atoms. The van der Waals surface area contributed by atoms with E-state index in [1.807, 2.05) is 13.8 Å². The van der Waals surface area contributed by atoms with Crippen LogP contribution in [0.25, 0.3) is 0 Å². The molecule has 2 nitrogen and oxygen atoms in total. The number of nitriles is 1. The number of hydrogen-bond acceptors (Lipinski definition) is 2. The SMILES string of the molecule is CC.N#COc1ccc(F)c(Cl)c1. The molecule has 0 heterocycles. The van der Waals surface area contributed by atoms with Crippen molar-refractivity contribution >= 4 is 11.6 Å². The Morgan fingerprint density at radius 3 is 2.54 bits per heavy atom. The van der Waals surface area contributed by atoms with E-state index >= 15 is 0 Å². The van der Waals surface area contributed by atoms with Crippen LogP contribution in [0.2, 0.25) is 5.02 Å². The minimum absolute atomic E-state index is 0.0576. The third kappa shape index (κ3) is 3.77. The third-order valence-electron chi connectivity index (χ3n) is 1.05. The minimum Gasteiger partial charge on any atom is -0.388 e. The van der Waals surface area contributed by atoms with Crippen LogP contribution in [0.15, 0.2) is 18.2 Å². The normalized spacial score (nSPS) is 7.92. The van der Waals surface area contributed by atoms with Crippen molar-refractivity contribution in [3.8, 4) is 12.0 Å². The summed E-state index contributed by atoms with van der Waals surface area (Å²) in [5, 5.41) is 8.01. The summed E-state index contributed by atoms with van der Waals surface area (Å²) >= 11 is 5.39. The zero-order valence-electron chi connectivity index (χ0n) is 7.34. The Morgan fingerprint density at radius 2 is 2.08 bits per heavy atom. The topological polar surface area (TPSA) is 33.0 Å². The number of halogens is 2. The predicted molar refractivity (Wildman–Crippen MR) is 49.0 cm³/mol. The van der Waals surface area contributed by atoms with Crippen molar-refractivity contribution in [2.75, 3.05) is 0 Å². The standard InChI is InChI=1S/C7H3ClFNO.C2H6/c8-6-3-5(11-4-10)1-2-7(6)9;1-2/h1-3H;1-2H3. The zero-order valence-corrected chi connectivity index (χ0v) is 8.10. The third-order valence-corrected chi connectivity index (χ3v) is 1.34. The minimum atomic E-state index is -0.531. The molecule has 70 valence electrons. The molecule has 0 fully saturated rings. The quantitative estimate of drug-likeness (QED) is 0.653. The molecule has 0 spiro atoms. The van der Waals surface area contributed by atoms with Crippen LogP contribution < -0.4 is 4.74 Å². The Hall–Kier alpha value is -1.27. The smallest absolute Gasteiger partial charge is 0.292 e. The Balaban J connectivity index is 0.000000671. The fourth-order valence-corrected chi connectivity index (χ4v) is 0.764. The van der Waals surface area contributed by atoms with Gasteiger partial charge in [-0.15, -0.1) is 5.26 Å². The van der Waals surface area contributed by atoms with Crippen molar-refractivity contribution in [3.63, 3.8) is 0 Å². The monoisotopic (exact) mass is 201 g/mol. The molecule has 0 unspecified atom stereocenters. The van der Waals surface area contributed by atoms with Gasteiger partial charge in [0.05, 0.1) is 5.02 Å². The van der Waals surface area contributed by atoms with E-state index < -0.39 is 5.82 Å². The lowest BCUT2D eigenvalue weighted by Crippen LogP contribution is -1.82.